The van der Waals surface area contributed by atoms with Crippen LogP contribution in [0.1, 0.15) is 143 Å². The van der Waals surface area contributed by atoms with Crippen LogP contribution in [0.3, 0.4) is 0 Å². The SMILES string of the molecule is C#CCCCC(=O)O[C@]1(C)CCC2=C(C)CC[C@H]3C(=C)C(=O)O[C@@H]3[C@H]21.C=C1C(=O)O[C@H]2[C@H]1CCC(C)=C1CC[C@@](C)(OC(=O)CCCc3cn(CCCCCCO)nn3)[C@@H]12. The van der Waals surface area contributed by atoms with Crippen LogP contribution in [0.4, 0.5) is 0 Å². The zero-order valence-corrected chi connectivity index (χ0v) is 36.2. The molecule has 1 aromatic heterocycles. The topological polar surface area (TPSA) is 156 Å². The molecule has 0 unspecified atom stereocenters. The van der Waals surface area contributed by atoms with Gasteiger partial charge in [-0.25, -0.2) is 9.59 Å². The molecule has 12 nitrogen and oxygen atoms in total. The Balaban J connectivity index is 0.000000213. The molecule has 0 amide bonds. The summed E-state index contributed by atoms with van der Waals surface area (Å²) in [5, 5.41) is 17.2. The summed E-state index contributed by atoms with van der Waals surface area (Å²) in [4.78, 5) is 49.5. The first kappa shape index (κ1) is 45.0. The number of esters is 4. The number of aliphatic hydroxyl groups is 1. The molecule has 1 aromatic rings. The number of nitrogens with zero attached hydrogens (tertiary/aromatic N) is 3. The Kier molecular flexibility index (Phi) is 14.6. The third-order valence-corrected chi connectivity index (χ3v) is 14.1. The van der Waals surface area contributed by atoms with Gasteiger partial charge < -0.3 is 24.1 Å². The summed E-state index contributed by atoms with van der Waals surface area (Å²) < 4.78 is 25.4. The van der Waals surface area contributed by atoms with Crippen molar-refractivity contribution >= 4 is 23.9 Å². The second-order valence-electron chi connectivity index (χ2n) is 18.2. The van der Waals surface area contributed by atoms with Gasteiger partial charge in [-0.2, -0.15) is 0 Å². The van der Waals surface area contributed by atoms with Crippen LogP contribution in [0.2, 0.25) is 0 Å². The Hall–Kier alpha value is -4.50. The van der Waals surface area contributed by atoms with E-state index >= 15 is 0 Å². The third-order valence-electron chi connectivity index (χ3n) is 14.1. The number of fused-ring (bicyclic) bond motifs is 6. The molecule has 2 saturated heterocycles. The highest BCUT2D eigenvalue weighted by Crippen LogP contribution is 2.55. The number of aryl methyl sites for hydroxylation is 2. The van der Waals surface area contributed by atoms with Crippen LogP contribution in [-0.2, 0) is 51.1 Å². The number of rotatable bonds is 15. The van der Waals surface area contributed by atoms with E-state index in [1.54, 1.807) is 0 Å². The standard InChI is InChI=1S/C27H39N3O5.C21H26O4/c1-18-11-12-22-19(2)26(33)34-25(22)24-21(18)13-14-27(24,3)35-23(32)10-8-9-20-17-30(29-28-20)15-6-4-5-7-16-31;1-5-6-7-8-17(22)25-21(4)12-11-15-13(2)9-10-16-14(3)20(23)24-19(16)18(15)21/h17,22,24-25,31H,2,4-16H2,1,3H3;1,16,18-19H,3,6-12H2,2,4H3/t22-,24-,25-,27+;16-,18-,19-,21+/m00/s1. The van der Waals surface area contributed by atoms with Gasteiger partial charge in [-0.1, -0.05) is 53.5 Å². The lowest BCUT2D eigenvalue weighted by molar-refractivity contribution is -0.169. The number of ether oxygens (including phenoxy) is 4. The predicted octanol–water partition coefficient (Wildman–Crippen LogP) is 7.78. The van der Waals surface area contributed by atoms with Crippen LogP contribution < -0.4 is 0 Å². The molecule has 2 aliphatic heterocycles. The van der Waals surface area contributed by atoms with Gasteiger partial charge in [-0.15, -0.1) is 17.4 Å². The number of allylic oxidation sites excluding steroid dienone is 2. The summed E-state index contributed by atoms with van der Waals surface area (Å²) in [5.74, 6) is 1.34. The van der Waals surface area contributed by atoms with Crippen molar-refractivity contribution in [1.82, 2.24) is 15.0 Å². The predicted molar refractivity (Wildman–Crippen MR) is 225 cm³/mol. The number of unbranched alkanes of at least 4 members (excludes halogenated alkanes) is 4. The zero-order chi connectivity index (χ0) is 43.2. The average molecular weight is 828 g/mol. The molecular weight excluding hydrogens is 763 g/mol. The number of terminal acetylenes is 1. The van der Waals surface area contributed by atoms with E-state index in [1.807, 2.05) is 24.7 Å². The Morgan fingerprint density at radius 2 is 1.35 bits per heavy atom. The summed E-state index contributed by atoms with van der Waals surface area (Å²) in [6.45, 7) is 17.3. The summed E-state index contributed by atoms with van der Waals surface area (Å²) in [7, 11) is 0. The van der Waals surface area contributed by atoms with Gasteiger partial charge in [0.05, 0.1) is 17.5 Å². The van der Waals surface area contributed by atoms with Crippen LogP contribution >= 0.6 is 0 Å². The van der Waals surface area contributed by atoms with Gasteiger partial charge in [0, 0.05) is 61.6 Å². The first-order valence-corrected chi connectivity index (χ1v) is 22.2. The highest BCUT2D eigenvalue weighted by atomic mass is 16.6. The molecule has 6 aliphatic rings. The fraction of sp³-hybridized carbons (Fsp3) is 0.667. The molecule has 60 heavy (non-hydrogen) atoms. The van der Waals surface area contributed by atoms with E-state index in [-0.39, 0.29) is 66.4 Å². The number of carbonyl (C=O) groups excluding carboxylic acids is 4. The van der Waals surface area contributed by atoms with Crippen molar-refractivity contribution in [3.8, 4) is 12.3 Å². The Morgan fingerprint density at radius 1 is 0.833 bits per heavy atom. The normalized spacial score (nSPS) is 30.5. The summed E-state index contributed by atoms with van der Waals surface area (Å²) >= 11 is 0. The molecule has 0 bridgehead atoms. The largest absolute Gasteiger partial charge is 0.459 e. The van der Waals surface area contributed by atoms with Crippen LogP contribution in [-0.4, -0.2) is 74.0 Å². The minimum absolute atomic E-state index is 0.00614. The number of hydrogen-bond acceptors (Lipinski definition) is 11. The van der Waals surface area contributed by atoms with Crippen molar-refractivity contribution < 1.29 is 43.2 Å². The maximum absolute atomic E-state index is 12.9. The van der Waals surface area contributed by atoms with E-state index < -0.39 is 11.2 Å². The third kappa shape index (κ3) is 9.83. The number of aromatic nitrogens is 3. The smallest absolute Gasteiger partial charge is 0.334 e. The van der Waals surface area contributed by atoms with E-state index in [2.05, 4.69) is 43.2 Å². The Morgan fingerprint density at radius 3 is 1.87 bits per heavy atom. The van der Waals surface area contributed by atoms with Crippen LogP contribution in [0.5, 0.6) is 0 Å². The molecule has 12 heteroatoms. The lowest BCUT2D eigenvalue weighted by Crippen LogP contribution is -2.44. The van der Waals surface area contributed by atoms with Crippen molar-refractivity contribution in [3.63, 3.8) is 0 Å². The molecule has 326 valence electrons. The molecule has 2 saturated carbocycles. The van der Waals surface area contributed by atoms with Gasteiger partial charge >= 0.3 is 23.9 Å². The van der Waals surface area contributed by atoms with Crippen molar-refractivity contribution in [3.05, 3.63) is 58.5 Å². The van der Waals surface area contributed by atoms with Gasteiger partial charge in [0.15, 0.2) is 0 Å². The molecule has 8 atom stereocenters. The second kappa shape index (κ2) is 19.5. The maximum atomic E-state index is 12.9. The molecule has 4 fully saturated rings. The molecule has 0 aromatic carbocycles. The number of hydrogen-bond donors (Lipinski definition) is 1. The fourth-order valence-electron chi connectivity index (χ4n) is 10.7. The first-order valence-electron chi connectivity index (χ1n) is 22.2. The molecule has 0 radical (unpaired) electrons. The van der Waals surface area contributed by atoms with Crippen molar-refractivity contribution in [2.75, 3.05) is 6.61 Å². The summed E-state index contributed by atoms with van der Waals surface area (Å²) in [6, 6.07) is 0. The quantitative estimate of drug-likeness (QED) is 0.0460. The van der Waals surface area contributed by atoms with E-state index in [1.165, 1.54) is 22.3 Å². The van der Waals surface area contributed by atoms with Gasteiger partial charge in [0.2, 0.25) is 0 Å². The van der Waals surface area contributed by atoms with Crippen LogP contribution in [0.25, 0.3) is 0 Å². The molecule has 4 aliphatic carbocycles. The van der Waals surface area contributed by atoms with Crippen LogP contribution in [0.15, 0.2) is 52.8 Å². The molecule has 0 spiro atoms. The van der Waals surface area contributed by atoms with E-state index in [0.29, 0.717) is 49.7 Å². The highest BCUT2D eigenvalue weighted by molar-refractivity contribution is 5.91. The average Bonchev–Trinajstić information content (AvgIpc) is 3.97. The Bertz CT molecular complexity index is 1940. The lowest BCUT2D eigenvalue weighted by Gasteiger charge is -2.36. The molecule has 1 N–H and O–H groups in total. The van der Waals surface area contributed by atoms with Gasteiger partial charge in [-0.3, -0.25) is 14.3 Å². The minimum Gasteiger partial charge on any atom is -0.459 e. The molecule has 3 heterocycles. The maximum Gasteiger partial charge on any atom is 0.334 e. The summed E-state index contributed by atoms with van der Waals surface area (Å²) in [5.41, 5.74) is 5.96. The summed E-state index contributed by atoms with van der Waals surface area (Å²) in [6.07, 6.45) is 20.6. The highest BCUT2D eigenvalue weighted by Gasteiger charge is 2.58. The first-order chi connectivity index (χ1) is 28.7. The molecule has 7 rings (SSSR count). The second-order valence-corrected chi connectivity index (χ2v) is 18.2. The number of carbonyl (C=O) groups is 4. The van der Waals surface area contributed by atoms with E-state index in [9.17, 15) is 19.2 Å². The lowest BCUT2D eigenvalue weighted by atomic mass is 9.79. The van der Waals surface area contributed by atoms with E-state index in [4.69, 9.17) is 30.5 Å². The fourth-order valence-corrected chi connectivity index (χ4v) is 10.7. The van der Waals surface area contributed by atoms with Gasteiger partial charge in [0.1, 0.15) is 23.4 Å². The van der Waals surface area contributed by atoms with Crippen LogP contribution in [0, 0.1) is 36.0 Å². The molecular formula is C48H65N3O9. The number of aliphatic hydroxyl groups excluding tert-OH is 1. The minimum atomic E-state index is -0.676. The van der Waals surface area contributed by atoms with Gasteiger partial charge in [-0.05, 0) is 111 Å². The monoisotopic (exact) mass is 827 g/mol. The zero-order valence-electron chi connectivity index (χ0n) is 36.2. The van der Waals surface area contributed by atoms with Crippen molar-refractivity contribution in [2.24, 2.45) is 23.7 Å². The van der Waals surface area contributed by atoms with Gasteiger partial charge in [0.25, 0.3) is 0 Å². The van der Waals surface area contributed by atoms with Crippen molar-refractivity contribution in [1.29, 1.82) is 0 Å². The van der Waals surface area contributed by atoms with Crippen molar-refractivity contribution in [2.45, 2.75) is 173 Å². The van der Waals surface area contributed by atoms with E-state index in [0.717, 1.165) is 89.3 Å². The Labute approximate surface area is 355 Å².